The molecule has 156 valence electrons. The molecule has 1 fully saturated rings. The molecular weight excluding hydrogens is 392 g/mol. The Bertz CT molecular complexity index is 941. The zero-order chi connectivity index (χ0) is 21.2. The summed E-state index contributed by atoms with van der Waals surface area (Å²) in [5, 5.41) is 39.5. The first-order valence-corrected chi connectivity index (χ1v) is 10.4. The van der Waals surface area contributed by atoms with Crippen molar-refractivity contribution in [2.75, 3.05) is 0 Å². The van der Waals surface area contributed by atoms with E-state index in [1.54, 1.807) is 52.0 Å². The molecule has 0 aromatic heterocycles. The van der Waals surface area contributed by atoms with E-state index < -0.39 is 16.7 Å². The Hall–Kier alpha value is -2.12. The van der Waals surface area contributed by atoms with Crippen LogP contribution >= 0.6 is 11.6 Å². The molecule has 1 aromatic rings. The van der Waals surface area contributed by atoms with Crippen molar-refractivity contribution in [3.63, 3.8) is 0 Å². The first-order chi connectivity index (χ1) is 13.5. The van der Waals surface area contributed by atoms with Crippen LogP contribution in [0.2, 0.25) is 5.02 Å². The number of nitrogens with zero attached hydrogens (tertiary/aromatic N) is 4. The minimum atomic E-state index is -0.946. The van der Waals surface area contributed by atoms with E-state index in [1.807, 2.05) is 0 Å². The van der Waals surface area contributed by atoms with Gasteiger partial charge in [0.2, 0.25) is 0 Å². The fraction of sp³-hybridized carbons (Fsp3) is 0.571. The zero-order valence-electron chi connectivity index (χ0n) is 17.3. The van der Waals surface area contributed by atoms with Crippen LogP contribution < -0.4 is 0 Å². The fourth-order valence-electron chi connectivity index (χ4n) is 4.37. The van der Waals surface area contributed by atoms with E-state index >= 15 is 0 Å². The highest BCUT2D eigenvalue weighted by molar-refractivity contribution is 6.69. The molecule has 8 heteroatoms. The van der Waals surface area contributed by atoms with Gasteiger partial charge in [0.1, 0.15) is 5.54 Å². The molecule has 1 aromatic carbocycles. The molecule has 2 aliphatic heterocycles. The molecule has 1 aliphatic carbocycles. The summed E-state index contributed by atoms with van der Waals surface area (Å²) in [5.74, 6) is -0.0499. The van der Waals surface area contributed by atoms with Crippen molar-refractivity contribution in [2.45, 2.75) is 76.5 Å². The van der Waals surface area contributed by atoms with E-state index in [1.165, 1.54) is 0 Å². The lowest BCUT2D eigenvalue weighted by molar-refractivity contribution is -0.555. The van der Waals surface area contributed by atoms with Crippen LogP contribution in [0.4, 0.5) is 0 Å². The normalized spacial score (nSPS) is 25.2. The smallest absolute Gasteiger partial charge is 0.382 e. The largest absolute Gasteiger partial charge is 0.714 e. The van der Waals surface area contributed by atoms with Crippen molar-refractivity contribution in [1.82, 2.24) is 5.06 Å². The summed E-state index contributed by atoms with van der Waals surface area (Å²) >= 11 is 6.04. The van der Waals surface area contributed by atoms with Gasteiger partial charge in [0, 0.05) is 23.4 Å². The van der Waals surface area contributed by atoms with Crippen molar-refractivity contribution in [2.24, 2.45) is 4.99 Å². The number of amidine groups is 1. The molecule has 0 radical (unpaired) electrons. The molecule has 2 heterocycles. The molecule has 0 atom stereocenters. The van der Waals surface area contributed by atoms with Gasteiger partial charge in [-0.3, -0.25) is 0 Å². The van der Waals surface area contributed by atoms with Gasteiger partial charge >= 0.3 is 11.5 Å². The first-order valence-electron chi connectivity index (χ1n) is 10.1. The highest BCUT2D eigenvalue weighted by atomic mass is 35.5. The lowest BCUT2D eigenvalue weighted by Crippen LogP contribution is -2.54. The molecule has 0 saturated heterocycles. The van der Waals surface area contributed by atoms with Crippen LogP contribution in [0, 0.1) is 10.4 Å². The number of aliphatic imine (C=N–C) groups is 1. The Morgan fingerprint density at radius 3 is 2.10 bits per heavy atom. The number of hydroxylamine groups is 4. The lowest BCUT2D eigenvalue weighted by Gasteiger charge is -2.33. The van der Waals surface area contributed by atoms with Crippen molar-refractivity contribution < 1.29 is 14.7 Å². The molecule has 0 amide bonds. The van der Waals surface area contributed by atoms with Crippen molar-refractivity contribution >= 4 is 28.9 Å². The second-order valence-corrected chi connectivity index (χ2v) is 9.64. The Kier molecular flexibility index (Phi) is 4.48. The van der Waals surface area contributed by atoms with E-state index in [-0.39, 0.29) is 11.5 Å². The van der Waals surface area contributed by atoms with Gasteiger partial charge in [0.25, 0.3) is 5.66 Å². The average Bonchev–Trinajstić information content (AvgIpc) is 3.00. The van der Waals surface area contributed by atoms with Crippen LogP contribution in [0.3, 0.4) is 0 Å². The van der Waals surface area contributed by atoms with Crippen LogP contribution in [0.15, 0.2) is 29.3 Å². The second kappa shape index (κ2) is 6.44. The van der Waals surface area contributed by atoms with Crippen LogP contribution in [-0.2, 0) is 0 Å². The predicted octanol–water partition coefficient (Wildman–Crippen LogP) is 3.93. The molecule has 7 nitrogen and oxygen atoms in total. The van der Waals surface area contributed by atoms with Gasteiger partial charge in [-0.2, -0.15) is 4.74 Å². The molecule has 3 aliphatic rings. The molecular formula is C21H27ClN4O3. The Balaban J connectivity index is 1.95. The van der Waals surface area contributed by atoms with Crippen molar-refractivity contribution in [3.8, 4) is 0 Å². The van der Waals surface area contributed by atoms with Gasteiger partial charge in [-0.05, 0) is 52.7 Å². The topological polar surface area (TPSA) is 88.0 Å². The molecule has 1 saturated carbocycles. The molecule has 0 unspecified atom stereocenters. The van der Waals surface area contributed by atoms with E-state index in [0.29, 0.717) is 29.1 Å². The molecule has 1 spiro atoms. The van der Waals surface area contributed by atoms with Crippen LogP contribution in [0.5, 0.6) is 0 Å². The summed E-state index contributed by atoms with van der Waals surface area (Å²) in [6.45, 7) is 7.09. The standard InChI is InChI=1S/C21H27ClN4O3/c1-19(2)20(3,4)26(29)18(25(19)28)17-16(14-8-10-15(22)11-9-14)23-21(24(17)27)12-6-5-7-13-21/h8-11,28H,5-7,12-13H2,1-4H3. The monoisotopic (exact) mass is 418 g/mol. The van der Waals surface area contributed by atoms with Crippen LogP contribution in [0.1, 0.15) is 65.4 Å². The summed E-state index contributed by atoms with van der Waals surface area (Å²) in [6, 6.07) is 7.05. The lowest BCUT2D eigenvalue weighted by atomic mass is 9.84. The van der Waals surface area contributed by atoms with Gasteiger partial charge in [-0.25, -0.2) is 14.9 Å². The summed E-state index contributed by atoms with van der Waals surface area (Å²) in [4.78, 5) is 4.88. The maximum Gasteiger partial charge on any atom is 0.382 e. The van der Waals surface area contributed by atoms with Gasteiger partial charge in [0.05, 0.1) is 0 Å². The third-order valence-corrected chi connectivity index (χ3v) is 7.29. The van der Waals surface area contributed by atoms with Crippen molar-refractivity contribution in [1.29, 1.82) is 0 Å². The Morgan fingerprint density at radius 2 is 1.59 bits per heavy atom. The predicted molar refractivity (Wildman–Crippen MR) is 113 cm³/mol. The van der Waals surface area contributed by atoms with Gasteiger partial charge in [0.15, 0.2) is 11.3 Å². The minimum absolute atomic E-state index is 0.0499. The Labute approximate surface area is 175 Å². The van der Waals surface area contributed by atoms with Crippen LogP contribution in [-0.4, -0.2) is 53.7 Å². The van der Waals surface area contributed by atoms with E-state index in [0.717, 1.165) is 33.8 Å². The highest BCUT2D eigenvalue weighted by Gasteiger charge is 2.64. The number of halogens is 1. The Morgan fingerprint density at radius 1 is 1.00 bits per heavy atom. The number of hydrogen-bond acceptors (Lipinski definition) is 5. The molecule has 1 N–H and O–H groups in total. The number of benzene rings is 1. The molecule has 29 heavy (non-hydrogen) atoms. The quantitative estimate of drug-likeness (QED) is 0.582. The maximum atomic E-state index is 13.6. The van der Waals surface area contributed by atoms with Gasteiger partial charge in [-0.15, -0.1) is 5.06 Å². The SMILES string of the molecule is CC1(C)N(O)C(C2=[N+]([O-])C3(CCCCC3)N=C2c2ccc(Cl)cc2)=[N+]([O-])C1(C)C. The van der Waals surface area contributed by atoms with E-state index in [9.17, 15) is 15.6 Å². The average molecular weight is 419 g/mol. The number of rotatable bonds is 2. The van der Waals surface area contributed by atoms with Crippen LogP contribution in [0.25, 0.3) is 0 Å². The summed E-state index contributed by atoms with van der Waals surface area (Å²) < 4.78 is 1.62. The summed E-state index contributed by atoms with van der Waals surface area (Å²) in [5.41, 5.74) is -1.51. The maximum absolute atomic E-state index is 13.6. The highest BCUT2D eigenvalue weighted by Crippen LogP contribution is 2.40. The first kappa shape index (κ1) is 20.2. The summed E-state index contributed by atoms with van der Waals surface area (Å²) in [7, 11) is 0. The summed E-state index contributed by atoms with van der Waals surface area (Å²) in [6.07, 6.45) is 4.12. The number of hydrogen-bond donors (Lipinski definition) is 1. The van der Waals surface area contributed by atoms with Gasteiger partial charge < -0.3 is 10.4 Å². The fourth-order valence-corrected chi connectivity index (χ4v) is 4.50. The molecule has 0 bridgehead atoms. The minimum Gasteiger partial charge on any atom is -0.714 e. The third-order valence-electron chi connectivity index (χ3n) is 7.04. The zero-order valence-corrected chi connectivity index (χ0v) is 18.0. The van der Waals surface area contributed by atoms with Crippen molar-refractivity contribution in [3.05, 3.63) is 45.3 Å². The molecule has 4 rings (SSSR count). The second-order valence-electron chi connectivity index (χ2n) is 9.20. The van der Waals surface area contributed by atoms with E-state index in [4.69, 9.17) is 16.6 Å². The van der Waals surface area contributed by atoms with Gasteiger partial charge in [-0.1, -0.05) is 30.2 Å². The third kappa shape index (κ3) is 2.70. The van der Waals surface area contributed by atoms with E-state index in [2.05, 4.69) is 0 Å².